The Labute approximate surface area is 105 Å². The molecule has 0 unspecified atom stereocenters. The van der Waals surface area contributed by atoms with E-state index < -0.39 is 10.0 Å². The molecule has 0 radical (unpaired) electrons. The van der Waals surface area contributed by atoms with Gasteiger partial charge in [-0.25, -0.2) is 8.42 Å². The van der Waals surface area contributed by atoms with Crippen molar-refractivity contribution in [3.63, 3.8) is 0 Å². The van der Waals surface area contributed by atoms with E-state index in [1.54, 1.807) is 23.9 Å². The molecule has 92 valence electrons. The highest BCUT2D eigenvalue weighted by molar-refractivity contribution is 8.00. The third-order valence-electron chi connectivity index (χ3n) is 2.62. The van der Waals surface area contributed by atoms with Crippen molar-refractivity contribution < 1.29 is 13.2 Å². The highest BCUT2D eigenvalue weighted by Gasteiger charge is 2.27. The SMILES string of the molecule is CC(=O)c1ccc(S(=O)(=O)N2CCSC2)cc1. The molecule has 4 nitrogen and oxygen atoms in total. The number of sulfonamides is 1. The lowest BCUT2D eigenvalue weighted by molar-refractivity contribution is 0.101. The molecule has 1 aliphatic rings. The number of Topliss-reactive ketones (excluding diaryl/α,β-unsaturated/α-hetero) is 1. The summed E-state index contributed by atoms with van der Waals surface area (Å²) in [6.07, 6.45) is 0. The van der Waals surface area contributed by atoms with E-state index in [9.17, 15) is 13.2 Å². The van der Waals surface area contributed by atoms with Crippen molar-refractivity contribution >= 4 is 27.6 Å². The molecule has 0 N–H and O–H groups in total. The number of hydrogen-bond acceptors (Lipinski definition) is 4. The number of thioether (sulfide) groups is 1. The van der Waals surface area contributed by atoms with Crippen LogP contribution in [0.15, 0.2) is 29.2 Å². The van der Waals surface area contributed by atoms with Gasteiger partial charge in [0.05, 0.1) is 10.8 Å². The second-order valence-electron chi connectivity index (χ2n) is 3.80. The number of ketones is 1. The Morgan fingerprint density at radius 1 is 1.29 bits per heavy atom. The molecule has 1 aliphatic heterocycles. The van der Waals surface area contributed by atoms with Crippen LogP contribution in [0.1, 0.15) is 17.3 Å². The molecule has 1 fully saturated rings. The molecule has 0 bridgehead atoms. The molecule has 0 aliphatic carbocycles. The number of carbonyl (C=O) groups excluding carboxylic acids is 1. The quantitative estimate of drug-likeness (QED) is 0.783. The molecular formula is C11H13NO3S2. The predicted molar refractivity (Wildman–Crippen MR) is 67.7 cm³/mol. The minimum Gasteiger partial charge on any atom is -0.295 e. The Morgan fingerprint density at radius 3 is 2.41 bits per heavy atom. The zero-order valence-corrected chi connectivity index (χ0v) is 11.1. The van der Waals surface area contributed by atoms with Crippen molar-refractivity contribution in [1.82, 2.24) is 4.31 Å². The van der Waals surface area contributed by atoms with Gasteiger partial charge < -0.3 is 0 Å². The molecule has 6 heteroatoms. The van der Waals surface area contributed by atoms with Crippen molar-refractivity contribution in [2.75, 3.05) is 18.2 Å². The van der Waals surface area contributed by atoms with E-state index in [0.29, 0.717) is 18.0 Å². The minimum atomic E-state index is -3.38. The highest BCUT2D eigenvalue weighted by Crippen LogP contribution is 2.23. The van der Waals surface area contributed by atoms with Gasteiger partial charge in [0.15, 0.2) is 5.78 Å². The summed E-state index contributed by atoms with van der Waals surface area (Å²) < 4.78 is 25.7. The maximum absolute atomic E-state index is 12.1. The van der Waals surface area contributed by atoms with E-state index in [1.807, 2.05) is 0 Å². The first-order valence-corrected chi connectivity index (χ1v) is 7.80. The summed E-state index contributed by atoms with van der Waals surface area (Å²) in [5.41, 5.74) is 0.528. The fourth-order valence-corrected chi connectivity index (χ4v) is 4.41. The van der Waals surface area contributed by atoms with Crippen LogP contribution >= 0.6 is 11.8 Å². The topological polar surface area (TPSA) is 54.5 Å². The fourth-order valence-electron chi connectivity index (χ4n) is 1.60. The molecule has 1 aromatic rings. The van der Waals surface area contributed by atoms with Gasteiger partial charge in [-0.1, -0.05) is 12.1 Å². The Morgan fingerprint density at radius 2 is 1.94 bits per heavy atom. The molecule has 17 heavy (non-hydrogen) atoms. The lowest BCUT2D eigenvalue weighted by Gasteiger charge is -2.14. The summed E-state index contributed by atoms with van der Waals surface area (Å²) >= 11 is 1.60. The zero-order valence-electron chi connectivity index (χ0n) is 9.42. The largest absolute Gasteiger partial charge is 0.295 e. The van der Waals surface area contributed by atoms with E-state index in [-0.39, 0.29) is 10.7 Å². The fraction of sp³-hybridized carbons (Fsp3) is 0.364. The van der Waals surface area contributed by atoms with E-state index >= 15 is 0 Å². The second kappa shape index (κ2) is 4.80. The monoisotopic (exact) mass is 271 g/mol. The van der Waals surface area contributed by atoms with Crippen molar-refractivity contribution in [2.24, 2.45) is 0 Å². The van der Waals surface area contributed by atoms with Crippen molar-refractivity contribution in [1.29, 1.82) is 0 Å². The van der Waals surface area contributed by atoms with E-state index in [4.69, 9.17) is 0 Å². The van der Waals surface area contributed by atoms with Gasteiger partial charge in [0.2, 0.25) is 10.0 Å². The normalized spacial score (nSPS) is 17.2. The Bertz CT molecular complexity index is 516. The van der Waals surface area contributed by atoms with Gasteiger partial charge in [-0.2, -0.15) is 4.31 Å². The van der Waals surface area contributed by atoms with Crippen LogP contribution < -0.4 is 0 Å². The first-order valence-electron chi connectivity index (χ1n) is 5.21. The van der Waals surface area contributed by atoms with Gasteiger partial charge in [0.1, 0.15) is 0 Å². The Hall–Kier alpha value is -0.850. The number of benzene rings is 1. The number of carbonyl (C=O) groups is 1. The third-order valence-corrected chi connectivity index (χ3v) is 5.61. The molecular weight excluding hydrogens is 258 g/mol. The maximum atomic E-state index is 12.1. The van der Waals surface area contributed by atoms with E-state index in [0.717, 1.165) is 5.75 Å². The summed E-state index contributed by atoms with van der Waals surface area (Å²) in [5.74, 6) is 1.28. The number of nitrogens with zero attached hydrogens (tertiary/aromatic N) is 1. The van der Waals surface area contributed by atoms with Crippen LogP contribution in [0, 0.1) is 0 Å². The summed E-state index contributed by atoms with van der Waals surface area (Å²) in [6, 6.07) is 6.10. The maximum Gasteiger partial charge on any atom is 0.243 e. The second-order valence-corrected chi connectivity index (χ2v) is 6.81. The smallest absolute Gasteiger partial charge is 0.243 e. The standard InChI is InChI=1S/C11H13NO3S2/c1-9(13)10-2-4-11(5-3-10)17(14,15)12-6-7-16-8-12/h2-5H,6-8H2,1H3. The van der Waals surface area contributed by atoms with Gasteiger partial charge in [-0.15, -0.1) is 11.8 Å². The Kier molecular flexibility index (Phi) is 3.56. The van der Waals surface area contributed by atoms with Gasteiger partial charge >= 0.3 is 0 Å². The van der Waals surface area contributed by atoms with Crippen LogP contribution in [0.25, 0.3) is 0 Å². The molecule has 1 heterocycles. The summed E-state index contributed by atoms with van der Waals surface area (Å²) in [6.45, 7) is 2.02. The first kappa shape index (κ1) is 12.6. The molecule has 0 saturated carbocycles. The number of rotatable bonds is 3. The lowest BCUT2D eigenvalue weighted by Crippen LogP contribution is -2.28. The van der Waals surface area contributed by atoms with Gasteiger partial charge in [-0.3, -0.25) is 4.79 Å². The van der Waals surface area contributed by atoms with Crippen molar-refractivity contribution in [3.05, 3.63) is 29.8 Å². The zero-order chi connectivity index (χ0) is 12.5. The average Bonchev–Trinajstić information content (AvgIpc) is 2.83. The van der Waals surface area contributed by atoms with Gasteiger partial charge in [0.25, 0.3) is 0 Å². The first-order chi connectivity index (χ1) is 8.01. The summed E-state index contributed by atoms with van der Waals surface area (Å²) in [5, 5.41) is 0. The van der Waals surface area contributed by atoms with Crippen molar-refractivity contribution in [3.8, 4) is 0 Å². The molecule has 0 amide bonds. The molecule has 0 aromatic heterocycles. The lowest BCUT2D eigenvalue weighted by atomic mass is 10.2. The van der Waals surface area contributed by atoms with E-state index in [2.05, 4.69) is 0 Å². The molecule has 1 saturated heterocycles. The predicted octanol–water partition coefficient (Wildman–Crippen LogP) is 1.58. The minimum absolute atomic E-state index is 0.0642. The molecule has 0 spiro atoms. The molecule has 1 aromatic carbocycles. The van der Waals surface area contributed by atoms with Crippen LogP contribution in [0.4, 0.5) is 0 Å². The molecule has 2 rings (SSSR count). The number of hydrogen-bond donors (Lipinski definition) is 0. The van der Waals surface area contributed by atoms with Crippen LogP contribution in [-0.4, -0.2) is 36.7 Å². The Balaban J connectivity index is 2.30. The van der Waals surface area contributed by atoms with Crippen LogP contribution in [0.2, 0.25) is 0 Å². The van der Waals surface area contributed by atoms with Gasteiger partial charge in [-0.05, 0) is 19.1 Å². The third kappa shape index (κ3) is 2.53. The summed E-state index contributed by atoms with van der Waals surface area (Å²) in [4.78, 5) is 11.4. The van der Waals surface area contributed by atoms with Gasteiger partial charge in [0, 0.05) is 17.9 Å². The molecule has 0 atom stereocenters. The van der Waals surface area contributed by atoms with Crippen LogP contribution in [-0.2, 0) is 10.0 Å². The van der Waals surface area contributed by atoms with E-state index in [1.165, 1.54) is 23.4 Å². The van der Waals surface area contributed by atoms with Crippen molar-refractivity contribution in [2.45, 2.75) is 11.8 Å². The summed E-state index contributed by atoms with van der Waals surface area (Å²) in [7, 11) is -3.38. The highest BCUT2D eigenvalue weighted by atomic mass is 32.2. The average molecular weight is 271 g/mol. The van der Waals surface area contributed by atoms with Crippen LogP contribution in [0.5, 0.6) is 0 Å². The van der Waals surface area contributed by atoms with Crippen LogP contribution in [0.3, 0.4) is 0 Å².